The maximum absolute atomic E-state index is 8.98. The Bertz CT molecular complexity index is 408. The van der Waals surface area contributed by atoms with Gasteiger partial charge >= 0.3 is 0 Å². The first-order valence-corrected chi connectivity index (χ1v) is 4.96. The third-order valence-corrected chi connectivity index (χ3v) is 2.20. The molecule has 1 aromatic carbocycles. The van der Waals surface area contributed by atoms with Crippen LogP contribution in [0.25, 0.3) is 0 Å². The third-order valence-electron chi connectivity index (χ3n) is 2.20. The summed E-state index contributed by atoms with van der Waals surface area (Å²) in [5.74, 6) is 2.59. The molecule has 0 saturated carbocycles. The van der Waals surface area contributed by atoms with Crippen LogP contribution in [0.1, 0.15) is 24.0 Å². The minimum Gasteiger partial charge on any atom is -0.384 e. The molecule has 0 radical (unpaired) electrons. The van der Waals surface area contributed by atoms with E-state index in [0.717, 1.165) is 36.2 Å². The molecule has 1 aromatic rings. The van der Waals surface area contributed by atoms with E-state index in [1.807, 2.05) is 25.1 Å². The molecule has 1 rings (SSSR count). The van der Waals surface area contributed by atoms with Crippen LogP contribution in [0.4, 0.5) is 5.69 Å². The number of hydrogen-bond donors (Lipinski definition) is 1. The lowest BCUT2D eigenvalue weighted by atomic mass is 10.1. The van der Waals surface area contributed by atoms with Crippen LogP contribution < -0.4 is 5.32 Å². The van der Waals surface area contributed by atoms with Crippen LogP contribution in [0.3, 0.4) is 0 Å². The number of nitrogens with one attached hydrogen (secondary N) is 1. The Labute approximate surface area is 90.9 Å². The van der Waals surface area contributed by atoms with Crippen molar-refractivity contribution in [3.63, 3.8) is 0 Å². The van der Waals surface area contributed by atoms with Crippen molar-refractivity contribution in [3.05, 3.63) is 29.3 Å². The second-order valence-corrected chi connectivity index (χ2v) is 3.34. The van der Waals surface area contributed by atoms with Gasteiger partial charge in [-0.05, 0) is 25.0 Å². The van der Waals surface area contributed by atoms with Gasteiger partial charge in [-0.1, -0.05) is 12.1 Å². The van der Waals surface area contributed by atoms with E-state index in [2.05, 4.69) is 17.3 Å². The summed E-state index contributed by atoms with van der Waals surface area (Å²) in [6.07, 6.45) is 6.85. The van der Waals surface area contributed by atoms with Crippen LogP contribution in [-0.2, 0) is 0 Å². The molecule has 2 nitrogen and oxygen atoms in total. The van der Waals surface area contributed by atoms with Crippen molar-refractivity contribution in [2.45, 2.75) is 19.8 Å². The summed E-state index contributed by atoms with van der Waals surface area (Å²) in [7, 11) is 0. The van der Waals surface area contributed by atoms with Gasteiger partial charge in [-0.15, -0.1) is 12.3 Å². The van der Waals surface area contributed by atoms with Gasteiger partial charge in [0.2, 0.25) is 0 Å². The normalized spacial score (nSPS) is 9.00. The van der Waals surface area contributed by atoms with Crippen molar-refractivity contribution in [2.75, 3.05) is 11.9 Å². The van der Waals surface area contributed by atoms with E-state index in [-0.39, 0.29) is 0 Å². The molecule has 0 aliphatic carbocycles. The molecule has 0 aromatic heterocycles. The highest BCUT2D eigenvalue weighted by atomic mass is 14.9. The van der Waals surface area contributed by atoms with E-state index in [1.165, 1.54) is 0 Å². The second kappa shape index (κ2) is 5.73. The molecule has 0 aliphatic rings. The molecule has 2 heteroatoms. The van der Waals surface area contributed by atoms with Gasteiger partial charge in [0, 0.05) is 13.0 Å². The minimum atomic E-state index is 0.721. The molecule has 15 heavy (non-hydrogen) atoms. The number of anilines is 1. The summed E-state index contributed by atoms with van der Waals surface area (Å²) in [4.78, 5) is 0. The predicted molar refractivity (Wildman–Crippen MR) is 62.5 cm³/mol. The average Bonchev–Trinajstić information content (AvgIpc) is 2.24. The molecule has 0 bridgehead atoms. The number of benzene rings is 1. The van der Waals surface area contributed by atoms with Gasteiger partial charge in [0.05, 0.1) is 11.3 Å². The maximum Gasteiger partial charge on any atom is 0.102 e. The van der Waals surface area contributed by atoms with Crippen molar-refractivity contribution in [1.29, 1.82) is 5.26 Å². The van der Waals surface area contributed by atoms with Crippen LogP contribution in [0, 0.1) is 30.6 Å². The summed E-state index contributed by atoms with van der Waals surface area (Å²) >= 11 is 0. The Morgan fingerprint density at radius 3 is 2.93 bits per heavy atom. The Hall–Kier alpha value is -1.93. The maximum atomic E-state index is 8.98. The number of terminal acetylenes is 1. The van der Waals surface area contributed by atoms with Gasteiger partial charge in [0.15, 0.2) is 0 Å². The van der Waals surface area contributed by atoms with Crippen LogP contribution >= 0.6 is 0 Å². The van der Waals surface area contributed by atoms with Crippen LogP contribution in [0.15, 0.2) is 18.2 Å². The zero-order valence-corrected chi connectivity index (χ0v) is 8.88. The quantitative estimate of drug-likeness (QED) is 0.596. The molecule has 0 aliphatic heterocycles. The molecule has 0 saturated heterocycles. The first-order valence-electron chi connectivity index (χ1n) is 4.96. The summed E-state index contributed by atoms with van der Waals surface area (Å²) in [6.45, 7) is 2.74. The largest absolute Gasteiger partial charge is 0.384 e. The molecule has 0 atom stereocenters. The van der Waals surface area contributed by atoms with Gasteiger partial charge in [0.1, 0.15) is 6.07 Å². The smallest absolute Gasteiger partial charge is 0.102 e. The summed E-state index contributed by atoms with van der Waals surface area (Å²) in [5, 5.41) is 12.2. The topological polar surface area (TPSA) is 35.8 Å². The van der Waals surface area contributed by atoms with E-state index >= 15 is 0 Å². The van der Waals surface area contributed by atoms with Gasteiger partial charge in [-0.2, -0.15) is 5.26 Å². The summed E-state index contributed by atoms with van der Waals surface area (Å²) in [6, 6.07) is 8.00. The van der Waals surface area contributed by atoms with E-state index in [0.29, 0.717) is 0 Å². The zero-order valence-electron chi connectivity index (χ0n) is 8.88. The fourth-order valence-corrected chi connectivity index (χ4v) is 1.38. The third kappa shape index (κ3) is 3.04. The number of aryl methyl sites for hydroxylation is 1. The number of unbranched alkanes of at least 4 members (excludes halogenated alkanes) is 1. The average molecular weight is 198 g/mol. The van der Waals surface area contributed by atoms with Gasteiger partial charge in [-0.25, -0.2) is 0 Å². The van der Waals surface area contributed by atoms with Crippen molar-refractivity contribution < 1.29 is 0 Å². The summed E-state index contributed by atoms with van der Waals surface area (Å²) < 4.78 is 0. The van der Waals surface area contributed by atoms with Crippen molar-refractivity contribution >= 4 is 5.69 Å². The van der Waals surface area contributed by atoms with E-state index in [1.54, 1.807) is 0 Å². The van der Waals surface area contributed by atoms with Gasteiger partial charge < -0.3 is 5.32 Å². The fraction of sp³-hybridized carbons (Fsp3) is 0.308. The SMILES string of the molecule is C#CCCCNc1cccc(C)c1C#N. The summed E-state index contributed by atoms with van der Waals surface area (Å²) in [5.41, 5.74) is 2.62. The Morgan fingerprint density at radius 2 is 2.27 bits per heavy atom. The standard InChI is InChI=1S/C13H14N2/c1-3-4-5-9-15-13-8-6-7-11(2)12(13)10-14/h1,6-8,15H,4-5,9H2,2H3. The highest BCUT2D eigenvalue weighted by Crippen LogP contribution is 2.18. The first kappa shape index (κ1) is 11.1. The highest BCUT2D eigenvalue weighted by molar-refractivity contribution is 5.60. The first-order chi connectivity index (χ1) is 7.29. The number of nitriles is 1. The molecule has 0 fully saturated rings. The van der Waals surface area contributed by atoms with Crippen molar-refractivity contribution in [2.24, 2.45) is 0 Å². The molecule has 0 heterocycles. The Balaban J connectivity index is 2.66. The van der Waals surface area contributed by atoms with E-state index in [9.17, 15) is 0 Å². The van der Waals surface area contributed by atoms with Crippen LogP contribution in [0.5, 0.6) is 0 Å². The second-order valence-electron chi connectivity index (χ2n) is 3.34. The molecule has 1 N–H and O–H groups in total. The lowest BCUT2D eigenvalue weighted by Crippen LogP contribution is -2.03. The van der Waals surface area contributed by atoms with Crippen LogP contribution in [-0.4, -0.2) is 6.54 Å². The number of hydrogen-bond acceptors (Lipinski definition) is 2. The Morgan fingerprint density at radius 1 is 1.47 bits per heavy atom. The predicted octanol–water partition coefficient (Wildman–Crippen LogP) is 2.69. The Kier molecular flexibility index (Phi) is 4.26. The van der Waals surface area contributed by atoms with Crippen molar-refractivity contribution in [1.82, 2.24) is 0 Å². The molecular formula is C13H14N2. The zero-order chi connectivity index (χ0) is 11.1. The minimum absolute atomic E-state index is 0.721. The molecule has 0 amide bonds. The van der Waals surface area contributed by atoms with Crippen molar-refractivity contribution in [3.8, 4) is 18.4 Å². The lowest BCUT2D eigenvalue weighted by Gasteiger charge is -2.08. The molecule has 0 unspecified atom stereocenters. The monoisotopic (exact) mass is 198 g/mol. The van der Waals surface area contributed by atoms with E-state index in [4.69, 9.17) is 11.7 Å². The molecular weight excluding hydrogens is 184 g/mol. The number of rotatable bonds is 4. The molecule has 76 valence electrons. The fourth-order valence-electron chi connectivity index (χ4n) is 1.38. The highest BCUT2D eigenvalue weighted by Gasteiger charge is 2.02. The van der Waals surface area contributed by atoms with Crippen LogP contribution in [0.2, 0.25) is 0 Å². The number of nitrogens with zero attached hydrogens (tertiary/aromatic N) is 1. The molecule has 0 spiro atoms. The van der Waals surface area contributed by atoms with Gasteiger partial charge in [0.25, 0.3) is 0 Å². The van der Waals surface area contributed by atoms with Gasteiger partial charge in [-0.3, -0.25) is 0 Å². The lowest BCUT2D eigenvalue weighted by molar-refractivity contribution is 0.906. The van der Waals surface area contributed by atoms with E-state index < -0.39 is 0 Å².